The lowest BCUT2D eigenvalue weighted by atomic mass is 10.5. The number of aromatic nitrogens is 1. The summed E-state index contributed by atoms with van der Waals surface area (Å²) in [6, 6.07) is 0. The van der Waals surface area contributed by atoms with Gasteiger partial charge in [0.15, 0.2) is 5.89 Å². The zero-order valence-corrected chi connectivity index (χ0v) is 6.19. The maximum atomic E-state index is 5.04. The Labute approximate surface area is 59.7 Å². The third-order valence-corrected chi connectivity index (χ3v) is 1.22. The summed E-state index contributed by atoms with van der Waals surface area (Å²) >= 11 is 4.04. The first kappa shape index (κ1) is 6.68. The lowest BCUT2D eigenvalue weighted by molar-refractivity contribution is 0.503. The SMILES string of the molecule is Cc1coc(CCS)n1. The molecule has 0 unspecified atom stereocenters. The molecule has 0 aliphatic carbocycles. The molecule has 0 amide bonds. The molecule has 0 atom stereocenters. The average molecular weight is 143 g/mol. The van der Waals surface area contributed by atoms with Crippen molar-refractivity contribution in [2.24, 2.45) is 0 Å². The minimum absolute atomic E-state index is 0.780. The van der Waals surface area contributed by atoms with Gasteiger partial charge in [-0.2, -0.15) is 12.6 Å². The Morgan fingerprint density at radius 1 is 1.78 bits per heavy atom. The maximum Gasteiger partial charge on any atom is 0.195 e. The number of thiol groups is 1. The number of rotatable bonds is 2. The maximum absolute atomic E-state index is 5.04. The zero-order chi connectivity index (χ0) is 6.69. The van der Waals surface area contributed by atoms with Crippen molar-refractivity contribution in [1.82, 2.24) is 4.98 Å². The highest BCUT2D eigenvalue weighted by molar-refractivity contribution is 7.80. The normalized spacial score (nSPS) is 10.0. The second kappa shape index (κ2) is 2.92. The van der Waals surface area contributed by atoms with Crippen LogP contribution in [0.3, 0.4) is 0 Å². The van der Waals surface area contributed by atoms with E-state index in [1.54, 1.807) is 6.26 Å². The third kappa shape index (κ3) is 1.75. The molecule has 1 rings (SSSR count). The minimum atomic E-state index is 0.780. The van der Waals surface area contributed by atoms with Crippen molar-refractivity contribution >= 4 is 12.6 Å². The first-order valence-corrected chi connectivity index (χ1v) is 3.48. The van der Waals surface area contributed by atoms with Gasteiger partial charge in [-0.3, -0.25) is 0 Å². The molecule has 50 valence electrons. The van der Waals surface area contributed by atoms with Gasteiger partial charge in [-0.1, -0.05) is 0 Å². The number of nitrogens with zero attached hydrogens (tertiary/aromatic N) is 1. The van der Waals surface area contributed by atoms with Gasteiger partial charge >= 0.3 is 0 Å². The van der Waals surface area contributed by atoms with Crippen molar-refractivity contribution in [3.05, 3.63) is 17.8 Å². The molecule has 0 radical (unpaired) electrons. The van der Waals surface area contributed by atoms with Crippen LogP contribution in [0.25, 0.3) is 0 Å². The van der Waals surface area contributed by atoms with Crippen molar-refractivity contribution in [1.29, 1.82) is 0 Å². The van der Waals surface area contributed by atoms with Gasteiger partial charge in [0, 0.05) is 6.42 Å². The van der Waals surface area contributed by atoms with Crippen molar-refractivity contribution in [3.8, 4) is 0 Å². The highest BCUT2D eigenvalue weighted by Crippen LogP contribution is 2.00. The van der Waals surface area contributed by atoms with E-state index in [0.717, 1.165) is 23.8 Å². The summed E-state index contributed by atoms with van der Waals surface area (Å²) in [5.41, 5.74) is 0.937. The molecule has 0 aliphatic heterocycles. The molecule has 9 heavy (non-hydrogen) atoms. The van der Waals surface area contributed by atoms with E-state index in [4.69, 9.17) is 4.42 Å². The van der Waals surface area contributed by atoms with Gasteiger partial charge in [0.05, 0.1) is 5.69 Å². The Bertz CT molecular complexity index is 185. The summed E-state index contributed by atoms with van der Waals surface area (Å²) in [4.78, 5) is 4.08. The molecule has 0 saturated carbocycles. The van der Waals surface area contributed by atoms with E-state index in [9.17, 15) is 0 Å². The summed E-state index contributed by atoms with van der Waals surface area (Å²) in [5.74, 6) is 1.57. The van der Waals surface area contributed by atoms with E-state index in [0.29, 0.717) is 0 Å². The van der Waals surface area contributed by atoms with Gasteiger partial charge in [0.25, 0.3) is 0 Å². The molecule has 1 aromatic heterocycles. The van der Waals surface area contributed by atoms with Crippen LogP contribution in [-0.4, -0.2) is 10.7 Å². The van der Waals surface area contributed by atoms with Crippen LogP contribution >= 0.6 is 12.6 Å². The summed E-state index contributed by atoms with van der Waals surface area (Å²) in [6.07, 6.45) is 2.47. The van der Waals surface area contributed by atoms with Gasteiger partial charge in [-0.15, -0.1) is 0 Å². The van der Waals surface area contributed by atoms with Gasteiger partial charge < -0.3 is 4.42 Å². The third-order valence-electron chi connectivity index (χ3n) is 0.992. The smallest absolute Gasteiger partial charge is 0.195 e. The molecule has 0 N–H and O–H groups in total. The summed E-state index contributed by atoms with van der Waals surface area (Å²) in [5, 5.41) is 0. The summed E-state index contributed by atoms with van der Waals surface area (Å²) in [6.45, 7) is 1.91. The van der Waals surface area contributed by atoms with Crippen molar-refractivity contribution in [3.63, 3.8) is 0 Å². The number of oxazole rings is 1. The molecule has 0 fully saturated rings. The minimum Gasteiger partial charge on any atom is -0.449 e. The predicted molar refractivity (Wildman–Crippen MR) is 38.8 cm³/mol. The molecule has 0 saturated heterocycles. The van der Waals surface area contributed by atoms with Crippen LogP contribution in [0.2, 0.25) is 0 Å². The summed E-state index contributed by atoms with van der Waals surface area (Å²) < 4.78 is 5.04. The van der Waals surface area contributed by atoms with Crippen LogP contribution in [0, 0.1) is 6.92 Å². The van der Waals surface area contributed by atoms with E-state index in [1.165, 1.54) is 0 Å². The van der Waals surface area contributed by atoms with Crippen molar-refractivity contribution in [2.45, 2.75) is 13.3 Å². The lowest BCUT2D eigenvalue weighted by Gasteiger charge is -1.84. The topological polar surface area (TPSA) is 26.0 Å². The quantitative estimate of drug-likeness (QED) is 0.634. The highest BCUT2D eigenvalue weighted by atomic mass is 32.1. The van der Waals surface area contributed by atoms with Gasteiger partial charge in [-0.05, 0) is 12.7 Å². The van der Waals surface area contributed by atoms with Gasteiger partial charge in [0.1, 0.15) is 6.26 Å². The largest absolute Gasteiger partial charge is 0.449 e. The Morgan fingerprint density at radius 3 is 3.00 bits per heavy atom. The molecule has 3 heteroatoms. The molecule has 0 bridgehead atoms. The van der Waals surface area contributed by atoms with Crippen LogP contribution in [-0.2, 0) is 6.42 Å². The van der Waals surface area contributed by atoms with E-state index < -0.39 is 0 Å². The monoisotopic (exact) mass is 143 g/mol. The van der Waals surface area contributed by atoms with E-state index in [1.807, 2.05) is 6.92 Å². The van der Waals surface area contributed by atoms with Gasteiger partial charge in [0.2, 0.25) is 0 Å². The number of hydrogen-bond acceptors (Lipinski definition) is 3. The standard InChI is InChI=1S/C6H9NOS/c1-5-4-8-6(7-5)2-3-9/h4,9H,2-3H2,1H3. The Hall–Kier alpha value is -0.440. The van der Waals surface area contributed by atoms with Crippen LogP contribution in [0.4, 0.5) is 0 Å². The molecular weight excluding hydrogens is 134 g/mol. The first-order chi connectivity index (χ1) is 4.33. The Balaban J connectivity index is 2.61. The van der Waals surface area contributed by atoms with Gasteiger partial charge in [-0.25, -0.2) is 4.98 Å². The molecule has 1 heterocycles. The molecular formula is C6H9NOS. The van der Waals surface area contributed by atoms with E-state index in [-0.39, 0.29) is 0 Å². The summed E-state index contributed by atoms with van der Waals surface area (Å²) in [7, 11) is 0. The lowest BCUT2D eigenvalue weighted by Crippen LogP contribution is -1.84. The fraction of sp³-hybridized carbons (Fsp3) is 0.500. The fourth-order valence-corrected chi connectivity index (χ4v) is 0.804. The van der Waals surface area contributed by atoms with E-state index in [2.05, 4.69) is 17.6 Å². The number of aryl methyl sites for hydroxylation is 2. The molecule has 0 spiro atoms. The molecule has 0 aliphatic rings. The highest BCUT2D eigenvalue weighted by Gasteiger charge is 1.96. The molecule has 2 nitrogen and oxygen atoms in total. The Morgan fingerprint density at radius 2 is 2.56 bits per heavy atom. The first-order valence-electron chi connectivity index (χ1n) is 2.85. The number of hydrogen-bond donors (Lipinski definition) is 1. The predicted octanol–water partition coefficient (Wildman–Crippen LogP) is 1.46. The van der Waals surface area contributed by atoms with Crippen LogP contribution < -0.4 is 0 Å². The fourth-order valence-electron chi connectivity index (χ4n) is 0.613. The second-order valence-electron chi connectivity index (χ2n) is 1.86. The van der Waals surface area contributed by atoms with E-state index >= 15 is 0 Å². The van der Waals surface area contributed by atoms with Crippen LogP contribution in [0.1, 0.15) is 11.6 Å². The molecule has 1 aromatic rings. The average Bonchev–Trinajstić information content (AvgIpc) is 2.17. The van der Waals surface area contributed by atoms with Crippen LogP contribution in [0.5, 0.6) is 0 Å². The van der Waals surface area contributed by atoms with Crippen molar-refractivity contribution < 1.29 is 4.42 Å². The zero-order valence-electron chi connectivity index (χ0n) is 5.29. The second-order valence-corrected chi connectivity index (χ2v) is 2.30. The molecule has 0 aromatic carbocycles. The van der Waals surface area contributed by atoms with Crippen molar-refractivity contribution in [2.75, 3.05) is 5.75 Å². The van der Waals surface area contributed by atoms with Crippen LogP contribution in [0.15, 0.2) is 10.7 Å². The Kier molecular flexibility index (Phi) is 2.16.